The van der Waals surface area contributed by atoms with Crippen LogP contribution in [0.1, 0.15) is 37.0 Å². The molecule has 122 valence electrons. The number of carbonyl (C=O) groups is 1. The number of nitrogens with zero attached hydrogens (tertiary/aromatic N) is 1. The van der Waals surface area contributed by atoms with Crippen molar-refractivity contribution >= 4 is 5.97 Å². The zero-order valence-electron chi connectivity index (χ0n) is 13.8. The molecule has 2 rings (SSSR count). The maximum atomic E-state index is 11.7. The van der Waals surface area contributed by atoms with Crippen molar-refractivity contribution in [3.8, 4) is 11.5 Å². The van der Waals surface area contributed by atoms with Crippen LogP contribution in [0.3, 0.4) is 0 Å². The predicted molar refractivity (Wildman–Crippen MR) is 84.7 cm³/mol. The van der Waals surface area contributed by atoms with Crippen LogP contribution in [-0.2, 0) is 4.74 Å². The number of ether oxygens (including phenoxy) is 3. The molecule has 0 bridgehead atoms. The number of benzene rings is 1. The van der Waals surface area contributed by atoms with E-state index in [4.69, 9.17) is 14.2 Å². The third-order valence-electron chi connectivity index (χ3n) is 4.09. The molecule has 1 aromatic rings. The summed E-state index contributed by atoms with van der Waals surface area (Å²) in [5, 5.41) is 0. The Hall–Kier alpha value is -1.75. The quantitative estimate of drug-likeness (QED) is 0.783. The summed E-state index contributed by atoms with van der Waals surface area (Å²) < 4.78 is 16.2. The second-order valence-electron chi connectivity index (χ2n) is 5.80. The van der Waals surface area contributed by atoms with Crippen LogP contribution in [-0.4, -0.2) is 50.3 Å². The van der Waals surface area contributed by atoms with Crippen molar-refractivity contribution in [2.75, 3.05) is 27.3 Å². The summed E-state index contributed by atoms with van der Waals surface area (Å²) in [4.78, 5) is 14.1. The molecule has 0 aromatic heterocycles. The van der Waals surface area contributed by atoms with Gasteiger partial charge in [0.05, 0.1) is 19.8 Å². The molecule has 5 heteroatoms. The molecule has 0 N–H and O–H groups in total. The first kappa shape index (κ1) is 16.6. The molecule has 1 aliphatic heterocycles. The second-order valence-corrected chi connectivity index (χ2v) is 5.80. The number of piperidine rings is 1. The number of carbonyl (C=O) groups excluding carboxylic acids is 1. The van der Waals surface area contributed by atoms with Crippen molar-refractivity contribution in [2.24, 2.45) is 0 Å². The normalized spacial score (nSPS) is 16.6. The standard InChI is InChI=1S/C17H25NO4/c1-12(2)18-9-7-14(8-10-18)22-16-11-13(17(19)21-4)5-6-15(16)20-3/h5-6,11-12,14H,7-10H2,1-4H3. The monoisotopic (exact) mass is 307 g/mol. The average Bonchev–Trinajstić information content (AvgIpc) is 2.54. The Bertz CT molecular complexity index is 507. The molecule has 1 aromatic carbocycles. The Kier molecular flexibility index (Phi) is 5.66. The van der Waals surface area contributed by atoms with Gasteiger partial charge in [0.1, 0.15) is 6.10 Å². The van der Waals surface area contributed by atoms with E-state index in [0.717, 1.165) is 25.9 Å². The van der Waals surface area contributed by atoms with E-state index in [1.807, 2.05) is 0 Å². The first-order valence-corrected chi connectivity index (χ1v) is 7.72. The molecule has 0 unspecified atom stereocenters. The minimum atomic E-state index is -0.373. The SMILES string of the molecule is COC(=O)c1ccc(OC)c(OC2CCN(C(C)C)CC2)c1. The largest absolute Gasteiger partial charge is 0.493 e. The van der Waals surface area contributed by atoms with Crippen molar-refractivity contribution < 1.29 is 19.0 Å². The van der Waals surface area contributed by atoms with E-state index in [9.17, 15) is 4.79 Å². The highest BCUT2D eigenvalue weighted by Crippen LogP contribution is 2.31. The summed E-state index contributed by atoms with van der Waals surface area (Å²) in [6.07, 6.45) is 2.10. The molecule has 0 saturated carbocycles. The number of hydrogen-bond acceptors (Lipinski definition) is 5. The average molecular weight is 307 g/mol. The zero-order valence-corrected chi connectivity index (χ0v) is 13.8. The van der Waals surface area contributed by atoms with Gasteiger partial charge in [0.25, 0.3) is 0 Å². The van der Waals surface area contributed by atoms with E-state index in [1.165, 1.54) is 7.11 Å². The molecule has 0 radical (unpaired) electrons. The zero-order chi connectivity index (χ0) is 16.1. The van der Waals surface area contributed by atoms with Crippen LogP contribution in [0.25, 0.3) is 0 Å². The molecule has 0 amide bonds. The third-order valence-corrected chi connectivity index (χ3v) is 4.09. The van der Waals surface area contributed by atoms with Crippen LogP contribution in [0.5, 0.6) is 11.5 Å². The van der Waals surface area contributed by atoms with Gasteiger partial charge in [-0.15, -0.1) is 0 Å². The van der Waals surface area contributed by atoms with Gasteiger partial charge in [0, 0.05) is 19.1 Å². The van der Waals surface area contributed by atoms with Crippen LogP contribution in [0.2, 0.25) is 0 Å². The summed E-state index contributed by atoms with van der Waals surface area (Å²) in [6.45, 7) is 6.48. The highest BCUT2D eigenvalue weighted by atomic mass is 16.5. The smallest absolute Gasteiger partial charge is 0.337 e. The minimum absolute atomic E-state index is 0.150. The van der Waals surface area contributed by atoms with Gasteiger partial charge in [0.15, 0.2) is 11.5 Å². The number of esters is 1. The maximum absolute atomic E-state index is 11.7. The molecular weight excluding hydrogens is 282 g/mol. The van der Waals surface area contributed by atoms with Gasteiger partial charge in [-0.05, 0) is 44.9 Å². The summed E-state index contributed by atoms with van der Waals surface area (Å²) in [5.74, 6) is 0.870. The van der Waals surface area contributed by atoms with Crippen molar-refractivity contribution in [3.05, 3.63) is 23.8 Å². The topological polar surface area (TPSA) is 48.0 Å². The summed E-state index contributed by atoms with van der Waals surface area (Å²) in [5.41, 5.74) is 0.470. The third kappa shape index (κ3) is 3.91. The van der Waals surface area contributed by atoms with Crippen molar-refractivity contribution in [3.63, 3.8) is 0 Å². The number of rotatable bonds is 5. The van der Waals surface area contributed by atoms with Gasteiger partial charge in [-0.2, -0.15) is 0 Å². The van der Waals surface area contributed by atoms with Crippen molar-refractivity contribution in [1.29, 1.82) is 0 Å². The highest BCUT2D eigenvalue weighted by Gasteiger charge is 2.23. The van der Waals surface area contributed by atoms with Gasteiger partial charge < -0.3 is 19.1 Å². The van der Waals surface area contributed by atoms with E-state index in [-0.39, 0.29) is 12.1 Å². The second kappa shape index (κ2) is 7.49. The first-order chi connectivity index (χ1) is 10.5. The fourth-order valence-electron chi connectivity index (χ4n) is 2.70. The van der Waals surface area contributed by atoms with E-state index >= 15 is 0 Å². The van der Waals surface area contributed by atoms with Crippen LogP contribution >= 0.6 is 0 Å². The Morgan fingerprint density at radius 1 is 1.18 bits per heavy atom. The molecule has 1 aliphatic rings. The molecule has 1 fully saturated rings. The lowest BCUT2D eigenvalue weighted by Gasteiger charge is -2.34. The van der Waals surface area contributed by atoms with Crippen LogP contribution in [0, 0.1) is 0 Å². The molecule has 0 spiro atoms. The Labute approximate surface area is 132 Å². The van der Waals surface area contributed by atoms with E-state index < -0.39 is 0 Å². The van der Waals surface area contributed by atoms with Crippen LogP contribution < -0.4 is 9.47 Å². The van der Waals surface area contributed by atoms with E-state index in [0.29, 0.717) is 23.1 Å². The van der Waals surface area contributed by atoms with Gasteiger partial charge >= 0.3 is 5.97 Å². The van der Waals surface area contributed by atoms with Crippen molar-refractivity contribution in [2.45, 2.75) is 38.8 Å². The summed E-state index contributed by atoms with van der Waals surface area (Å²) >= 11 is 0. The van der Waals surface area contributed by atoms with Crippen molar-refractivity contribution in [1.82, 2.24) is 4.90 Å². The molecular formula is C17H25NO4. The maximum Gasteiger partial charge on any atom is 0.337 e. The Morgan fingerprint density at radius 3 is 2.41 bits per heavy atom. The lowest BCUT2D eigenvalue weighted by Crippen LogP contribution is -2.41. The minimum Gasteiger partial charge on any atom is -0.493 e. The number of likely N-dealkylation sites (tertiary alicyclic amines) is 1. The summed E-state index contributed by atoms with van der Waals surface area (Å²) in [7, 11) is 2.97. The van der Waals surface area contributed by atoms with E-state index in [2.05, 4.69) is 18.7 Å². The number of hydrogen-bond donors (Lipinski definition) is 0. The van der Waals surface area contributed by atoms with Gasteiger partial charge in [0.2, 0.25) is 0 Å². The summed E-state index contributed by atoms with van der Waals surface area (Å²) in [6, 6.07) is 5.68. The lowest BCUT2D eigenvalue weighted by atomic mass is 10.1. The molecule has 1 saturated heterocycles. The lowest BCUT2D eigenvalue weighted by molar-refractivity contribution is 0.0597. The molecule has 0 aliphatic carbocycles. The highest BCUT2D eigenvalue weighted by molar-refractivity contribution is 5.90. The van der Waals surface area contributed by atoms with E-state index in [1.54, 1.807) is 25.3 Å². The fraction of sp³-hybridized carbons (Fsp3) is 0.588. The molecule has 5 nitrogen and oxygen atoms in total. The number of methoxy groups -OCH3 is 2. The van der Waals surface area contributed by atoms with Crippen LogP contribution in [0.4, 0.5) is 0 Å². The van der Waals surface area contributed by atoms with Gasteiger partial charge in [-0.3, -0.25) is 0 Å². The molecule has 1 heterocycles. The van der Waals surface area contributed by atoms with Gasteiger partial charge in [-0.1, -0.05) is 0 Å². The molecule has 0 atom stereocenters. The Balaban J connectivity index is 2.07. The Morgan fingerprint density at radius 2 is 1.86 bits per heavy atom. The molecule has 22 heavy (non-hydrogen) atoms. The van der Waals surface area contributed by atoms with Gasteiger partial charge in [-0.25, -0.2) is 4.79 Å². The van der Waals surface area contributed by atoms with Crippen LogP contribution in [0.15, 0.2) is 18.2 Å². The first-order valence-electron chi connectivity index (χ1n) is 7.72. The predicted octanol–water partition coefficient (Wildman–Crippen LogP) is 2.73. The fourth-order valence-corrected chi connectivity index (χ4v) is 2.70.